The highest BCUT2D eigenvalue weighted by atomic mass is 16.5. The summed E-state index contributed by atoms with van der Waals surface area (Å²) in [6, 6.07) is 4.74. The van der Waals surface area contributed by atoms with Crippen molar-refractivity contribution in [1.29, 1.82) is 0 Å². The monoisotopic (exact) mass is 583 g/mol. The summed E-state index contributed by atoms with van der Waals surface area (Å²) in [5, 5.41) is 19.0. The average molecular weight is 584 g/mol. The fraction of sp³-hybridized carbons (Fsp3) is 0.556. The van der Waals surface area contributed by atoms with E-state index in [0.717, 1.165) is 5.56 Å². The molecule has 1 aromatic carbocycles. The lowest BCUT2D eigenvalue weighted by molar-refractivity contribution is -0.142. The highest BCUT2D eigenvalue weighted by Crippen LogP contribution is 2.10. The standard InChI is InChI=1S/C23H34N4O8.C2H5NO.C2H6/c1-14(26-22(33)15(2)25-20(31)12-35-23(4,5)13-28)21(32)24-10-19(30)27-18-8-6-17(7-9-18)11-34-16(3)29;1-2(3)4;1-2/h6-9,14-15,28H,10-13H2,1-5H3,(H,24,32)(H,25,31)(H,26,33)(H,27,30);1H3,(H2,3,4);1-2H3/t14-,15?;;/m1../s1. The molecule has 232 valence electrons. The summed E-state index contributed by atoms with van der Waals surface area (Å²) < 4.78 is 10.1. The predicted molar refractivity (Wildman–Crippen MR) is 152 cm³/mol. The van der Waals surface area contributed by atoms with Crippen molar-refractivity contribution in [2.45, 2.75) is 79.7 Å². The molecule has 14 heteroatoms. The number of aliphatic hydroxyl groups is 1. The minimum Gasteiger partial charge on any atom is -0.461 e. The van der Waals surface area contributed by atoms with Gasteiger partial charge in [0.25, 0.3) is 0 Å². The van der Waals surface area contributed by atoms with E-state index in [2.05, 4.69) is 27.0 Å². The van der Waals surface area contributed by atoms with Gasteiger partial charge in [-0.1, -0.05) is 26.0 Å². The number of esters is 1. The van der Waals surface area contributed by atoms with E-state index in [1.165, 1.54) is 27.7 Å². The van der Waals surface area contributed by atoms with Crippen LogP contribution in [0.2, 0.25) is 0 Å². The molecule has 0 saturated heterocycles. The van der Waals surface area contributed by atoms with Crippen molar-refractivity contribution < 1.29 is 43.3 Å². The quantitative estimate of drug-likeness (QED) is 0.174. The van der Waals surface area contributed by atoms with Crippen LogP contribution < -0.4 is 27.0 Å². The molecule has 7 N–H and O–H groups in total. The third-order valence-electron chi connectivity index (χ3n) is 4.60. The molecule has 0 fully saturated rings. The minimum absolute atomic E-state index is 0.126. The lowest BCUT2D eigenvalue weighted by Gasteiger charge is -2.23. The van der Waals surface area contributed by atoms with Crippen LogP contribution >= 0.6 is 0 Å². The molecule has 0 radical (unpaired) electrons. The SMILES string of the molecule is CC.CC(=O)OCc1ccc(NC(=O)CNC(=O)[C@@H](C)NC(=O)C(C)NC(=O)COC(C)(C)CO)cc1.CC(N)=O. The highest BCUT2D eigenvalue weighted by Gasteiger charge is 2.23. The lowest BCUT2D eigenvalue weighted by Crippen LogP contribution is -2.53. The number of aliphatic hydroxyl groups excluding tert-OH is 1. The molecule has 0 heterocycles. The van der Waals surface area contributed by atoms with Gasteiger partial charge < -0.3 is 41.6 Å². The minimum atomic E-state index is -0.959. The molecule has 0 saturated carbocycles. The zero-order valence-corrected chi connectivity index (χ0v) is 25.1. The number of hydrogen-bond acceptors (Lipinski definition) is 9. The van der Waals surface area contributed by atoms with Gasteiger partial charge in [0.1, 0.15) is 25.3 Å². The second kappa shape index (κ2) is 20.8. The summed E-state index contributed by atoms with van der Waals surface area (Å²) in [5.74, 6) is -2.94. The summed E-state index contributed by atoms with van der Waals surface area (Å²) >= 11 is 0. The molecule has 1 aromatic rings. The second-order valence-electron chi connectivity index (χ2n) is 9.08. The Bertz CT molecular complexity index is 993. The van der Waals surface area contributed by atoms with Crippen molar-refractivity contribution in [1.82, 2.24) is 16.0 Å². The molecule has 0 aliphatic rings. The molecule has 0 spiro atoms. The number of rotatable bonds is 13. The third-order valence-corrected chi connectivity index (χ3v) is 4.60. The Labute approximate surface area is 241 Å². The first kappa shape index (κ1) is 39.1. The largest absolute Gasteiger partial charge is 0.461 e. The molecule has 41 heavy (non-hydrogen) atoms. The zero-order valence-electron chi connectivity index (χ0n) is 25.1. The zero-order chi connectivity index (χ0) is 32.2. The van der Waals surface area contributed by atoms with Crippen LogP contribution in [-0.4, -0.2) is 78.1 Å². The molecule has 0 bridgehead atoms. The lowest BCUT2D eigenvalue weighted by atomic mass is 10.1. The van der Waals surface area contributed by atoms with Gasteiger partial charge in [-0.3, -0.25) is 28.8 Å². The number of ether oxygens (including phenoxy) is 2. The number of anilines is 1. The van der Waals surface area contributed by atoms with Crippen LogP contribution in [0.3, 0.4) is 0 Å². The second-order valence-corrected chi connectivity index (χ2v) is 9.08. The average Bonchev–Trinajstić information content (AvgIpc) is 2.90. The summed E-state index contributed by atoms with van der Waals surface area (Å²) in [5.41, 5.74) is 4.83. The summed E-state index contributed by atoms with van der Waals surface area (Å²) in [6.45, 7) is 11.9. The van der Waals surface area contributed by atoms with Crippen LogP contribution in [0.1, 0.15) is 61.0 Å². The molecular weight excluding hydrogens is 538 g/mol. The van der Waals surface area contributed by atoms with E-state index < -0.39 is 47.3 Å². The van der Waals surface area contributed by atoms with Gasteiger partial charge in [0.2, 0.25) is 29.5 Å². The maximum atomic E-state index is 12.2. The van der Waals surface area contributed by atoms with Gasteiger partial charge in [-0.25, -0.2) is 0 Å². The van der Waals surface area contributed by atoms with Crippen molar-refractivity contribution in [2.75, 3.05) is 25.1 Å². The van der Waals surface area contributed by atoms with E-state index >= 15 is 0 Å². The van der Waals surface area contributed by atoms with Crippen molar-refractivity contribution in [3.63, 3.8) is 0 Å². The van der Waals surface area contributed by atoms with E-state index in [1.807, 2.05) is 13.8 Å². The molecule has 0 aliphatic heterocycles. The molecule has 1 rings (SSSR count). The van der Waals surface area contributed by atoms with Crippen molar-refractivity contribution in [2.24, 2.45) is 5.73 Å². The van der Waals surface area contributed by atoms with Crippen molar-refractivity contribution in [3.8, 4) is 0 Å². The first-order valence-electron chi connectivity index (χ1n) is 13.0. The maximum Gasteiger partial charge on any atom is 0.302 e. The third kappa shape index (κ3) is 20.5. The van der Waals surface area contributed by atoms with Crippen LogP contribution in [0.5, 0.6) is 0 Å². The Morgan fingerprint density at radius 3 is 1.90 bits per heavy atom. The van der Waals surface area contributed by atoms with E-state index in [9.17, 15) is 28.8 Å². The number of nitrogens with one attached hydrogen (secondary N) is 4. The first-order chi connectivity index (χ1) is 19.1. The Kier molecular flexibility index (Phi) is 19.8. The van der Waals surface area contributed by atoms with Gasteiger partial charge in [0.15, 0.2) is 0 Å². The fourth-order valence-electron chi connectivity index (χ4n) is 2.45. The molecule has 1 unspecified atom stereocenters. The number of benzene rings is 1. The van der Waals surface area contributed by atoms with E-state index in [0.29, 0.717) is 5.69 Å². The number of primary amides is 1. The molecular formula is C27H45N5O9. The Balaban J connectivity index is 0. The highest BCUT2D eigenvalue weighted by molar-refractivity contribution is 5.96. The van der Waals surface area contributed by atoms with Gasteiger partial charge in [0.05, 0.1) is 18.8 Å². The van der Waals surface area contributed by atoms with E-state index in [4.69, 9.17) is 14.6 Å². The molecule has 5 amide bonds. The van der Waals surface area contributed by atoms with Gasteiger partial charge in [-0.15, -0.1) is 0 Å². The van der Waals surface area contributed by atoms with Gasteiger partial charge in [-0.05, 0) is 45.4 Å². The van der Waals surface area contributed by atoms with Crippen LogP contribution in [0.15, 0.2) is 24.3 Å². The smallest absolute Gasteiger partial charge is 0.302 e. The van der Waals surface area contributed by atoms with Gasteiger partial charge in [0, 0.05) is 19.5 Å². The van der Waals surface area contributed by atoms with Crippen molar-refractivity contribution >= 4 is 41.2 Å². The fourth-order valence-corrected chi connectivity index (χ4v) is 2.45. The van der Waals surface area contributed by atoms with Crippen LogP contribution in [0.25, 0.3) is 0 Å². The van der Waals surface area contributed by atoms with Gasteiger partial charge >= 0.3 is 5.97 Å². The number of carbonyl (C=O) groups excluding carboxylic acids is 6. The van der Waals surface area contributed by atoms with E-state index in [1.54, 1.807) is 38.1 Å². The van der Waals surface area contributed by atoms with Gasteiger partial charge in [-0.2, -0.15) is 0 Å². The summed E-state index contributed by atoms with van der Waals surface area (Å²) in [6.07, 6.45) is 0. The normalized spacial score (nSPS) is 11.5. The summed E-state index contributed by atoms with van der Waals surface area (Å²) in [4.78, 5) is 68.5. The maximum absolute atomic E-state index is 12.2. The number of amides is 5. The molecule has 0 aromatic heterocycles. The van der Waals surface area contributed by atoms with Crippen LogP contribution in [0.4, 0.5) is 5.69 Å². The summed E-state index contributed by atoms with van der Waals surface area (Å²) in [7, 11) is 0. The molecule has 0 aliphatic carbocycles. The van der Waals surface area contributed by atoms with Crippen molar-refractivity contribution in [3.05, 3.63) is 29.8 Å². The number of hydrogen-bond donors (Lipinski definition) is 6. The Hall–Kier alpha value is -4.04. The molecule has 14 nitrogen and oxygen atoms in total. The Morgan fingerprint density at radius 2 is 1.41 bits per heavy atom. The van der Waals surface area contributed by atoms with Crippen LogP contribution in [0, 0.1) is 0 Å². The van der Waals surface area contributed by atoms with Crippen LogP contribution in [-0.2, 0) is 44.8 Å². The predicted octanol–water partition coefficient (Wildman–Crippen LogP) is 0.119. The first-order valence-corrected chi connectivity index (χ1v) is 13.0. The number of carbonyl (C=O) groups is 6. The number of nitrogens with two attached hydrogens (primary N) is 1. The van der Waals surface area contributed by atoms with E-state index in [-0.39, 0.29) is 32.3 Å². The molecule has 2 atom stereocenters. The topological polar surface area (TPSA) is 215 Å². The Morgan fingerprint density at radius 1 is 0.902 bits per heavy atom.